The second-order valence-corrected chi connectivity index (χ2v) is 7.27. The van der Waals surface area contributed by atoms with E-state index in [1.165, 1.54) is 31.0 Å². The van der Waals surface area contributed by atoms with E-state index in [0.29, 0.717) is 17.7 Å². The number of nitrogens with one attached hydrogen (secondary N) is 1. The van der Waals surface area contributed by atoms with Gasteiger partial charge in [-0.1, -0.05) is 31.5 Å². The number of carbonyl (C=O) groups excluding carboxylic acids is 1. The number of nitrogens with zero attached hydrogens (tertiary/aromatic N) is 4. The van der Waals surface area contributed by atoms with E-state index in [-0.39, 0.29) is 5.91 Å². The number of rotatable bonds is 5. The molecule has 1 fully saturated rings. The van der Waals surface area contributed by atoms with Crippen molar-refractivity contribution < 1.29 is 4.79 Å². The second kappa shape index (κ2) is 7.79. The topological polar surface area (TPSA) is 72.7 Å². The zero-order chi connectivity index (χ0) is 16.9. The van der Waals surface area contributed by atoms with Crippen molar-refractivity contribution in [2.45, 2.75) is 43.8 Å². The van der Waals surface area contributed by atoms with E-state index in [1.54, 1.807) is 12.4 Å². The van der Waals surface area contributed by atoms with Gasteiger partial charge in [0, 0.05) is 31.0 Å². The van der Waals surface area contributed by atoms with E-state index in [0.717, 1.165) is 23.0 Å². The molecular formula is C17H23N5OS. The molecule has 0 spiro atoms. The summed E-state index contributed by atoms with van der Waals surface area (Å²) < 4.78 is 1.90. The number of thioether (sulfide) groups is 1. The summed E-state index contributed by atoms with van der Waals surface area (Å²) in [6, 6.07) is 4.13. The summed E-state index contributed by atoms with van der Waals surface area (Å²) >= 11 is 1.42. The Balaban J connectivity index is 1.57. The molecule has 1 aliphatic rings. The summed E-state index contributed by atoms with van der Waals surface area (Å²) in [6.45, 7) is 2.22. The Morgan fingerprint density at radius 3 is 2.96 bits per heavy atom. The van der Waals surface area contributed by atoms with Crippen molar-refractivity contribution in [3.8, 4) is 11.4 Å². The van der Waals surface area contributed by atoms with Crippen molar-refractivity contribution in [3.63, 3.8) is 0 Å². The van der Waals surface area contributed by atoms with Gasteiger partial charge >= 0.3 is 0 Å². The normalized spacial score (nSPS) is 20.8. The highest BCUT2D eigenvalue weighted by molar-refractivity contribution is 7.99. The van der Waals surface area contributed by atoms with Gasteiger partial charge in [-0.3, -0.25) is 9.78 Å². The predicted octanol–water partition coefficient (Wildman–Crippen LogP) is 2.66. The molecule has 1 amide bonds. The van der Waals surface area contributed by atoms with Gasteiger partial charge in [-0.15, -0.1) is 10.2 Å². The highest BCUT2D eigenvalue weighted by atomic mass is 32.2. The molecule has 2 atom stereocenters. The summed E-state index contributed by atoms with van der Waals surface area (Å²) in [7, 11) is 1.91. The number of hydrogen-bond acceptors (Lipinski definition) is 5. The van der Waals surface area contributed by atoms with Crippen molar-refractivity contribution in [3.05, 3.63) is 24.5 Å². The smallest absolute Gasteiger partial charge is 0.230 e. The van der Waals surface area contributed by atoms with Gasteiger partial charge in [-0.25, -0.2) is 0 Å². The Hall–Kier alpha value is -1.89. The van der Waals surface area contributed by atoms with Crippen LogP contribution in [-0.4, -0.2) is 37.5 Å². The van der Waals surface area contributed by atoms with Gasteiger partial charge in [0.1, 0.15) is 0 Å². The molecule has 2 aromatic heterocycles. The molecule has 0 saturated heterocycles. The fourth-order valence-electron chi connectivity index (χ4n) is 3.10. The van der Waals surface area contributed by atoms with E-state index in [1.807, 2.05) is 23.7 Å². The number of aromatic nitrogens is 4. The maximum absolute atomic E-state index is 12.2. The van der Waals surface area contributed by atoms with E-state index in [4.69, 9.17) is 0 Å². The standard InChI is InChI=1S/C17H23N5OS/c1-12-6-3-4-8-14(12)19-15(23)11-24-17-21-20-16(22(17)2)13-7-5-9-18-10-13/h5,7,9-10,12,14H,3-4,6,8,11H2,1-2H3,(H,19,23)/t12-,14-/m1/s1. The van der Waals surface area contributed by atoms with Gasteiger partial charge in [0.25, 0.3) is 0 Å². The molecule has 24 heavy (non-hydrogen) atoms. The number of pyridine rings is 1. The number of carbonyl (C=O) groups is 1. The Morgan fingerprint density at radius 1 is 1.38 bits per heavy atom. The minimum atomic E-state index is 0.0738. The summed E-state index contributed by atoms with van der Waals surface area (Å²) in [6.07, 6.45) is 8.27. The van der Waals surface area contributed by atoms with Gasteiger partial charge in [0.15, 0.2) is 11.0 Å². The molecule has 6 nitrogen and oxygen atoms in total. The van der Waals surface area contributed by atoms with Crippen LogP contribution in [-0.2, 0) is 11.8 Å². The average molecular weight is 345 g/mol. The van der Waals surface area contributed by atoms with Crippen LogP contribution in [0.5, 0.6) is 0 Å². The van der Waals surface area contributed by atoms with E-state index >= 15 is 0 Å². The highest BCUT2D eigenvalue weighted by Crippen LogP contribution is 2.25. The summed E-state index contributed by atoms with van der Waals surface area (Å²) in [5.41, 5.74) is 0.917. The Bertz CT molecular complexity index is 688. The predicted molar refractivity (Wildman–Crippen MR) is 94.5 cm³/mol. The number of hydrogen-bond donors (Lipinski definition) is 1. The summed E-state index contributed by atoms with van der Waals surface area (Å²) in [5.74, 6) is 1.76. The van der Waals surface area contributed by atoms with Crippen LogP contribution in [0.3, 0.4) is 0 Å². The van der Waals surface area contributed by atoms with Crippen LogP contribution in [0.2, 0.25) is 0 Å². The van der Waals surface area contributed by atoms with Crippen LogP contribution in [0.4, 0.5) is 0 Å². The van der Waals surface area contributed by atoms with Crippen molar-refractivity contribution in [1.29, 1.82) is 0 Å². The molecule has 3 rings (SSSR count). The second-order valence-electron chi connectivity index (χ2n) is 6.33. The summed E-state index contributed by atoms with van der Waals surface area (Å²) in [5, 5.41) is 12.3. The minimum absolute atomic E-state index is 0.0738. The van der Waals surface area contributed by atoms with Gasteiger partial charge in [-0.2, -0.15) is 0 Å². The first-order valence-electron chi connectivity index (χ1n) is 8.37. The van der Waals surface area contributed by atoms with Crippen LogP contribution in [0.1, 0.15) is 32.6 Å². The molecule has 1 N–H and O–H groups in total. The Labute approximate surface area is 146 Å². The average Bonchev–Trinajstić information content (AvgIpc) is 2.97. The van der Waals surface area contributed by atoms with Crippen LogP contribution < -0.4 is 5.32 Å². The van der Waals surface area contributed by atoms with E-state index in [9.17, 15) is 4.79 Å². The zero-order valence-electron chi connectivity index (χ0n) is 14.1. The minimum Gasteiger partial charge on any atom is -0.352 e. The van der Waals surface area contributed by atoms with Crippen LogP contribution in [0.25, 0.3) is 11.4 Å². The fourth-order valence-corrected chi connectivity index (χ4v) is 3.82. The van der Waals surface area contributed by atoms with Gasteiger partial charge in [-0.05, 0) is 30.9 Å². The first-order chi connectivity index (χ1) is 11.6. The molecule has 0 aliphatic heterocycles. The lowest BCUT2D eigenvalue weighted by Gasteiger charge is -2.29. The lowest BCUT2D eigenvalue weighted by atomic mass is 9.86. The van der Waals surface area contributed by atoms with Gasteiger partial charge in [0.2, 0.25) is 5.91 Å². The molecule has 0 bridgehead atoms. The molecule has 1 saturated carbocycles. The molecule has 2 heterocycles. The van der Waals surface area contributed by atoms with Crippen molar-refractivity contribution >= 4 is 17.7 Å². The third-order valence-corrected chi connectivity index (χ3v) is 5.57. The van der Waals surface area contributed by atoms with Crippen LogP contribution in [0.15, 0.2) is 29.7 Å². The SMILES string of the molecule is C[C@@H]1CCCC[C@H]1NC(=O)CSc1nnc(-c2cccnc2)n1C. The fraction of sp³-hybridized carbons (Fsp3) is 0.529. The van der Waals surface area contributed by atoms with Gasteiger partial charge in [0.05, 0.1) is 5.75 Å². The Morgan fingerprint density at radius 2 is 2.21 bits per heavy atom. The number of amides is 1. The molecule has 0 aromatic carbocycles. The molecule has 128 valence electrons. The maximum Gasteiger partial charge on any atom is 0.230 e. The molecule has 1 aliphatic carbocycles. The maximum atomic E-state index is 12.2. The van der Waals surface area contributed by atoms with E-state index < -0.39 is 0 Å². The largest absolute Gasteiger partial charge is 0.352 e. The van der Waals surface area contributed by atoms with Crippen LogP contribution >= 0.6 is 11.8 Å². The third-order valence-electron chi connectivity index (χ3n) is 4.54. The van der Waals surface area contributed by atoms with Crippen molar-refractivity contribution in [2.24, 2.45) is 13.0 Å². The summed E-state index contributed by atoms with van der Waals surface area (Å²) in [4.78, 5) is 16.3. The first kappa shape index (κ1) is 17.0. The Kier molecular flexibility index (Phi) is 5.50. The van der Waals surface area contributed by atoms with Crippen molar-refractivity contribution in [2.75, 3.05) is 5.75 Å². The zero-order valence-corrected chi connectivity index (χ0v) is 14.9. The van der Waals surface area contributed by atoms with Gasteiger partial charge < -0.3 is 9.88 Å². The quantitative estimate of drug-likeness (QED) is 0.844. The van der Waals surface area contributed by atoms with Crippen molar-refractivity contribution in [1.82, 2.24) is 25.1 Å². The van der Waals surface area contributed by atoms with Crippen LogP contribution in [0, 0.1) is 5.92 Å². The monoisotopic (exact) mass is 345 g/mol. The molecule has 0 unspecified atom stereocenters. The molecular weight excluding hydrogens is 322 g/mol. The lowest BCUT2D eigenvalue weighted by molar-refractivity contribution is -0.119. The first-order valence-corrected chi connectivity index (χ1v) is 9.35. The lowest BCUT2D eigenvalue weighted by Crippen LogP contribution is -2.41. The highest BCUT2D eigenvalue weighted by Gasteiger charge is 2.23. The third kappa shape index (κ3) is 3.95. The molecule has 7 heteroatoms. The molecule has 2 aromatic rings. The van der Waals surface area contributed by atoms with E-state index in [2.05, 4.69) is 27.4 Å². The molecule has 0 radical (unpaired) electrons.